The van der Waals surface area contributed by atoms with Gasteiger partial charge in [-0.05, 0) is 26.0 Å². The highest BCUT2D eigenvalue weighted by atomic mass is 16.5. The van der Waals surface area contributed by atoms with Crippen LogP contribution in [-0.4, -0.2) is 25.7 Å². The second-order valence-electron chi connectivity index (χ2n) is 5.59. The van der Waals surface area contributed by atoms with Crippen LogP contribution in [0, 0.1) is 5.92 Å². The van der Waals surface area contributed by atoms with Crippen LogP contribution in [0.3, 0.4) is 0 Å². The average molecular weight is 291 g/mol. The summed E-state index contributed by atoms with van der Waals surface area (Å²) in [5, 5.41) is 3.60. The van der Waals surface area contributed by atoms with Gasteiger partial charge in [-0.1, -0.05) is 32.0 Å². The molecular formula is C17H25NO3. The van der Waals surface area contributed by atoms with Crippen LogP contribution in [0.2, 0.25) is 0 Å². The lowest BCUT2D eigenvalue weighted by Crippen LogP contribution is -2.53. The highest BCUT2D eigenvalue weighted by Crippen LogP contribution is 2.42. The molecular weight excluding hydrogens is 266 g/mol. The number of ether oxygens (including phenoxy) is 2. The van der Waals surface area contributed by atoms with Gasteiger partial charge < -0.3 is 14.8 Å². The Morgan fingerprint density at radius 2 is 2.19 bits per heavy atom. The van der Waals surface area contributed by atoms with Crippen molar-refractivity contribution in [1.82, 2.24) is 5.32 Å². The van der Waals surface area contributed by atoms with Gasteiger partial charge in [-0.25, -0.2) is 0 Å². The van der Waals surface area contributed by atoms with E-state index in [1.165, 1.54) is 0 Å². The lowest BCUT2D eigenvalue weighted by Gasteiger charge is -2.44. The normalized spacial score (nSPS) is 24.0. The average Bonchev–Trinajstić information content (AvgIpc) is 2.49. The third kappa shape index (κ3) is 3.21. The molecule has 2 rings (SSSR count). The molecule has 1 aromatic carbocycles. The van der Waals surface area contributed by atoms with Gasteiger partial charge in [0.15, 0.2) is 0 Å². The number of esters is 1. The summed E-state index contributed by atoms with van der Waals surface area (Å²) in [6, 6.07) is 7.97. The number of fused-ring (bicyclic) bond motifs is 1. The zero-order valence-corrected chi connectivity index (χ0v) is 13.1. The molecule has 2 unspecified atom stereocenters. The Labute approximate surface area is 126 Å². The van der Waals surface area contributed by atoms with E-state index in [1.807, 2.05) is 31.2 Å². The Bertz CT molecular complexity index is 489. The molecule has 0 spiro atoms. The number of hydrogen-bond acceptors (Lipinski definition) is 4. The fourth-order valence-electron chi connectivity index (χ4n) is 2.97. The molecule has 1 N–H and O–H groups in total. The van der Waals surface area contributed by atoms with Crippen molar-refractivity contribution in [3.63, 3.8) is 0 Å². The van der Waals surface area contributed by atoms with Gasteiger partial charge in [0.25, 0.3) is 0 Å². The van der Waals surface area contributed by atoms with E-state index < -0.39 is 5.54 Å². The first kappa shape index (κ1) is 15.8. The number of hydrogen-bond donors (Lipinski definition) is 1. The quantitative estimate of drug-likeness (QED) is 0.819. The zero-order valence-electron chi connectivity index (χ0n) is 13.1. The van der Waals surface area contributed by atoms with Crippen LogP contribution in [0.5, 0.6) is 5.75 Å². The summed E-state index contributed by atoms with van der Waals surface area (Å²) in [5.74, 6) is 0.900. The van der Waals surface area contributed by atoms with E-state index >= 15 is 0 Å². The molecule has 4 nitrogen and oxygen atoms in total. The van der Waals surface area contributed by atoms with E-state index in [9.17, 15) is 4.79 Å². The number of para-hydroxylation sites is 1. The van der Waals surface area contributed by atoms with Gasteiger partial charge in [-0.3, -0.25) is 4.79 Å². The second-order valence-corrected chi connectivity index (χ2v) is 5.59. The fraction of sp³-hybridized carbons (Fsp3) is 0.588. The van der Waals surface area contributed by atoms with Gasteiger partial charge in [0.2, 0.25) is 0 Å². The Morgan fingerprint density at radius 3 is 2.90 bits per heavy atom. The molecule has 0 radical (unpaired) electrons. The highest BCUT2D eigenvalue weighted by Gasteiger charge is 2.44. The van der Waals surface area contributed by atoms with Crippen molar-refractivity contribution < 1.29 is 14.3 Å². The smallest absolute Gasteiger partial charge is 0.308 e. The molecule has 0 aliphatic carbocycles. The monoisotopic (exact) mass is 291 g/mol. The summed E-state index contributed by atoms with van der Waals surface area (Å²) < 4.78 is 11.0. The van der Waals surface area contributed by atoms with Crippen LogP contribution in [0.15, 0.2) is 24.3 Å². The summed E-state index contributed by atoms with van der Waals surface area (Å²) in [4.78, 5) is 12.1. The molecule has 21 heavy (non-hydrogen) atoms. The summed E-state index contributed by atoms with van der Waals surface area (Å²) in [5.41, 5.74) is 0.655. The van der Waals surface area contributed by atoms with E-state index in [-0.39, 0.29) is 11.9 Å². The van der Waals surface area contributed by atoms with Crippen LogP contribution in [0.1, 0.15) is 39.2 Å². The minimum atomic E-state index is -0.406. The van der Waals surface area contributed by atoms with Crippen LogP contribution in [0.25, 0.3) is 0 Å². The SMILES string of the molecule is CCCNC1(CC(=O)OCC)c2ccccc2OCC1C. The van der Waals surface area contributed by atoms with E-state index in [0.29, 0.717) is 19.6 Å². The number of benzene rings is 1. The minimum Gasteiger partial charge on any atom is -0.493 e. The highest BCUT2D eigenvalue weighted by molar-refractivity contribution is 5.72. The molecule has 0 saturated carbocycles. The fourth-order valence-corrected chi connectivity index (χ4v) is 2.97. The Balaban J connectivity index is 2.39. The Hall–Kier alpha value is -1.55. The first-order chi connectivity index (χ1) is 10.1. The standard InChI is InChI=1S/C17H25NO3/c1-4-10-18-17(11-16(19)20-5-2)13(3)12-21-15-9-7-6-8-14(15)17/h6-9,13,18H,4-5,10-12H2,1-3H3. The first-order valence-electron chi connectivity index (χ1n) is 7.77. The van der Waals surface area contributed by atoms with Gasteiger partial charge >= 0.3 is 5.97 Å². The van der Waals surface area contributed by atoms with Crippen LogP contribution in [0.4, 0.5) is 0 Å². The molecule has 2 atom stereocenters. The van der Waals surface area contributed by atoms with E-state index in [2.05, 4.69) is 19.2 Å². The maximum absolute atomic E-state index is 12.1. The summed E-state index contributed by atoms with van der Waals surface area (Å²) in [6.07, 6.45) is 1.35. The molecule has 0 saturated heterocycles. The number of rotatable bonds is 6. The van der Waals surface area contributed by atoms with Crippen molar-refractivity contribution in [1.29, 1.82) is 0 Å². The predicted molar refractivity (Wildman–Crippen MR) is 82.3 cm³/mol. The topological polar surface area (TPSA) is 47.6 Å². The number of nitrogens with one attached hydrogen (secondary N) is 1. The molecule has 1 aromatic rings. The summed E-state index contributed by atoms with van der Waals surface area (Å²) >= 11 is 0. The van der Waals surface area contributed by atoms with E-state index in [0.717, 1.165) is 24.3 Å². The maximum Gasteiger partial charge on any atom is 0.308 e. The van der Waals surface area contributed by atoms with Gasteiger partial charge in [-0.15, -0.1) is 0 Å². The lowest BCUT2D eigenvalue weighted by atomic mass is 9.74. The Kier molecular flexibility index (Phi) is 5.23. The summed E-state index contributed by atoms with van der Waals surface area (Å²) in [7, 11) is 0. The van der Waals surface area contributed by atoms with E-state index in [4.69, 9.17) is 9.47 Å². The van der Waals surface area contributed by atoms with Crippen LogP contribution < -0.4 is 10.1 Å². The molecule has 0 aromatic heterocycles. The molecule has 1 aliphatic rings. The zero-order chi connectivity index (χ0) is 15.3. The largest absolute Gasteiger partial charge is 0.493 e. The number of carbonyl (C=O) groups is 1. The molecule has 0 amide bonds. The predicted octanol–water partition coefficient (Wildman–Crippen LogP) is 2.86. The molecule has 1 aliphatic heterocycles. The van der Waals surface area contributed by atoms with Crippen molar-refractivity contribution in [3.05, 3.63) is 29.8 Å². The van der Waals surface area contributed by atoms with Gasteiger partial charge in [-0.2, -0.15) is 0 Å². The van der Waals surface area contributed by atoms with Crippen molar-refractivity contribution in [2.45, 2.75) is 39.2 Å². The van der Waals surface area contributed by atoms with Crippen molar-refractivity contribution in [2.75, 3.05) is 19.8 Å². The first-order valence-corrected chi connectivity index (χ1v) is 7.77. The Morgan fingerprint density at radius 1 is 1.43 bits per heavy atom. The molecule has 116 valence electrons. The van der Waals surface area contributed by atoms with Gasteiger partial charge in [0.1, 0.15) is 5.75 Å². The van der Waals surface area contributed by atoms with E-state index in [1.54, 1.807) is 0 Å². The molecule has 1 heterocycles. The van der Waals surface area contributed by atoms with Gasteiger partial charge in [0.05, 0.1) is 25.2 Å². The molecule has 4 heteroatoms. The van der Waals surface area contributed by atoms with Crippen molar-refractivity contribution in [2.24, 2.45) is 5.92 Å². The second kappa shape index (κ2) is 6.94. The third-order valence-corrected chi connectivity index (χ3v) is 4.12. The maximum atomic E-state index is 12.1. The van der Waals surface area contributed by atoms with Crippen LogP contribution in [-0.2, 0) is 15.1 Å². The summed E-state index contributed by atoms with van der Waals surface area (Å²) in [6.45, 7) is 7.96. The molecule has 0 bridgehead atoms. The van der Waals surface area contributed by atoms with Crippen LogP contribution >= 0.6 is 0 Å². The van der Waals surface area contributed by atoms with Gasteiger partial charge in [0, 0.05) is 11.5 Å². The van der Waals surface area contributed by atoms with Crippen molar-refractivity contribution >= 4 is 5.97 Å². The molecule has 0 fully saturated rings. The van der Waals surface area contributed by atoms with Crippen molar-refractivity contribution in [3.8, 4) is 5.75 Å². The number of carbonyl (C=O) groups excluding carboxylic acids is 1. The third-order valence-electron chi connectivity index (χ3n) is 4.12. The minimum absolute atomic E-state index is 0.162. The lowest BCUT2D eigenvalue weighted by molar-refractivity contribution is -0.146.